The van der Waals surface area contributed by atoms with Crippen LogP contribution in [0, 0.1) is 0 Å². The van der Waals surface area contributed by atoms with E-state index in [4.69, 9.17) is 37.4 Å². The molecule has 9 nitrogen and oxygen atoms in total. The molecule has 0 aliphatic heterocycles. The molecule has 0 spiro atoms. The van der Waals surface area contributed by atoms with Gasteiger partial charge in [-0.1, -0.05) is 29.3 Å². The maximum absolute atomic E-state index is 12.5. The minimum absolute atomic E-state index is 0.204. The van der Waals surface area contributed by atoms with Gasteiger partial charge >= 0.3 is 17.8 Å². The number of hydrazone groups is 1. The van der Waals surface area contributed by atoms with Crippen LogP contribution in [-0.2, 0) is 33.8 Å². The van der Waals surface area contributed by atoms with Crippen molar-refractivity contribution < 1.29 is 28.6 Å². The second-order valence-corrected chi connectivity index (χ2v) is 10.4. The maximum atomic E-state index is 12.5. The van der Waals surface area contributed by atoms with Crippen LogP contribution in [0.15, 0.2) is 41.5 Å². The van der Waals surface area contributed by atoms with Gasteiger partial charge in [0, 0.05) is 20.5 Å². The fourth-order valence-electron chi connectivity index (χ4n) is 4.03. The summed E-state index contributed by atoms with van der Waals surface area (Å²) in [6, 6.07) is 10.2. The Morgan fingerprint density at radius 2 is 1.82 bits per heavy atom. The van der Waals surface area contributed by atoms with Crippen molar-refractivity contribution >= 4 is 63.5 Å². The van der Waals surface area contributed by atoms with Crippen LogP contribution in [0.4, 0.5) is 5.00 Å². The predicted molar refractivity (Wildman–Crippen MR) is 150 cm³/mol. The number of rotatable bonds is 8. The first-order chi connectivity index (χ1) is 18.8. The van der Waals surface area contributed by atoms with Crippen molar-refractivity contribution in [2.45, 2.75) is 32.3 Å². The molecule has 12 heteroatoms. The number of nitrogens with one attached hydrogen (secondary N) is 2. The van der Waals surface area contributed by atoms with E-state index < -0.39 is 17.8 Å². The summed E-state index contributed by atoms with van der Waals surface area (Å²) in [7, 11) is 2.78. The summed E-state index contributed by atoms with van der Waals surface area (Å²) in [5, 5.41) is 7.72. The van der Waals surface area contributed by atoms with Crippen molar-refractivity contribution in [2.75, 3.05) is 19.5 Å². The van der Waals surface area contributed by atoms with Crippen LogP contribution in [-0.4, -0.2) is 38.2 Å². The number of anilines is 1. The number of nitrogens with zero attached hydrogens (tertiary/aromatic N) is 1. The van der Waals surface area contributed by atoms with E-state index in [-0.39, 0.29) is 6.61 Å². The first-order valence-corrected chi connectivity index (χ1v) is 13.5. The number of carbonyl (C=O) groups is 3. The van der Waals surface area contributed by atoms with E-state index in [1.165, 1.54) is 31.8 Å². The summed E-state index contributed by atoms with van der Waals surface area (Å²) in [4.78, 5) is 38.2. The number of fused-ring (bicyclic) bond motifs is 1. The van der Waals surface area contributed by atoms with Gasteiger partial charge in [-0.15, -0.1) is 11.3 Å². The van der Waals surface area contributed by atoms with Crippen LogP contribution in [0.3, 0.4) is 0 Å². The number of hydrogen-bond donors (Lipinski definition) is 2. The molecule has 2 aromatic carbocycles. The molecule has 0 bridgehead atoms. The number of carbonyl (C=O) groups excluding carboxylic acids is 3. The number of esters is 1. The Balaban J connectivity index is 1.37. The number of amides is 2. The third-order valence-electron chi connectivity index (χ3n) is 5.96. The highest BCUT2D eigenvalue weighted by Crippen LogP contribution is 2.38. The molecule has 1 aliphatic carbocycles. The number of methoxy groups -OCH3 is 2. The third-order valence-corrected chi connectivity index (χ3v) is 7.75. The minimum atomic E-state index is -0.986. The highest BCUT2D eigenvalue weighted by Gasteiger charge is 2.28. The van der Waals surface area contributed by atoms with Crippen LogP contribution >= 0.6 is 34.5 Å². The maximum Gasteiger partial charge on any atom is 0.341 e. The van der Waals surface area contributed by atoms with E-state index in [1.807, 2.05) is 0 Å². The Morgan fingerprint density at radius 1 is 1.03 bits per heavy atom. The van der Waals surface area contributed by atoms with Crippen LogP contribution in [0.25, 0.3) is 0 Å². The van der Waals surface area contributed by atoms with Gasteiger partial charge in [-0.3, -0.25) is 9.59 Å². The summed E-state index contributed by atoms with van der Waals surface area (Å²) >= 11 is 13.4. The zero-order valence-electron chi connectivity index (χ0n) is 21.1. The van der Waals surface area contributed by atoms with Crippen LogP contribution in [0.1, 0.15) is 44.8 Å². The number of hydrogen-bond acceptors (Lipinski definition) is 8. The lowest BCUT2D eigenvalue weighted by Gasteiger charge is -2.12. The molecule has 204 valence electrons. The van der Waals surface area contributed by atoms with Gasteiger partial charge in [0.05, 0.1) is 26.0 Å². The molecule has 4 rings (SSSR count). The largest absolute Gasteiger partial charge is 0.493 e. The fraction of sp³-hybridized carbons (Fsp3) is 0.259. The van der Waals surface area contributed by atoms with Gasteiger partial charge < -0.3 is 19.5 Å². The predicted octanol–water partition coefficient (Wildman–Crippen LogP) is 5.40. The van der Waals surface area contributed by atoms with Gasteiger partial charge in [-0.05, 0) is 67.1 Å². The monoisotopic (exact) mass is 589 g/mol. The molecule has 0 saturated carbocycles. The number of ether oxygens (including phenoxy) is 3. The Morgan fingerprint density at radius 3 is 2.56 bits per heavy atom. The summed E-state index contributed by atoms with van der Waals surface area (Å²) in [6.07, 6.45) is 4.86. The summed E-state index contributed by atoms with van der Waals surface area (Å²) in [5.41, 5.74) is 4.73. The third kappa shape index (κ3) is 6.89. The van der Waals surface area contributed by atoms with Crippen LogP contribution < -0.4 is 20.2 Å². The normalized spacial score (nSPS) is 12.5. The molecule has 0 atom stereocenters. The fourth-order valence-corrected chi connectivity index (χ4v) is 5.76. The van der Waals surface area contributed by atoms with E-state index >= 15 is 0 Å². The van der Waals surface area contributed by atoms with Crippen LogP contribution in [0.5, 0.6) is 11.5 Å². The van der Waals surface area contributed by atoms with Crippen molar-refractivity contribution in [1.82, 2.24) is 5.43 Å². The van der Waals surface area contributed by atoms with Gasteiger partial charge in [-0.2, -0.15) is 5.10 Å². The van der Waals surface area contributed by atoms with E-state index in [2.05, 4.69) is 15.8 Å². The Labute approximate surface area is 239 Å². The first kappa shape index (κ1) is 28.4. The second-order valence-electron chi connectivity index (χ2n) is 8.49. The standard InChI is InChI=1S/C27H25Cl2N3O6S/c1-36-21-11-15(7-10-20(21)38-14-16-8-9-17(28)12-19(16)29)13-30-32-25(34)24(33)31-26-23(27(35)37-2)18-5-3-4-6-22(18)39-26/h7-13H,3-6,14H2,1-2H3,(H,31,33)(H,32,34). The van der Waals surface area contributed by atoms with E-state index in [9.17, 15) is 14.4 Å². The second kappa shape index (κ2) is 13.0. The molecule has 0 unspecified atom stereocenters. The zero-order chi connectivity index (χ0) is 27.9. The number of thiophene rings is 1. The Kier molecular flexibility index (Phi) is 9.45. The molecule has 39 heavy (non-hydrogen) atoms. The van der Waals surface area contributed by atoms with Crippen molar-refractivity contribution in [3.63, 3.8) is 0 Å². The molecule has 2 amide bonds. The summed E-state index contributed by atoms with van der Waals surface area (Å²) in [5.74, 6) is -1.56. The van der Waals surface area contributed by atoms with E-state index in [1.54, 1.807) is 36.4 Å². The number of benzene rings is 2. The van der Waals surface area contributed by atoms with Gasteiger partial charge in [0.1, 0.15) is 11.6 Å². The molecule has 0 radical (unpaired) electrons. The lowest BCUT2D eigenvalue weighted by Crippen LogP contribution is -2.32. The molecule has 2 N–H and O–H groups in total. The molecule has 3 aromatic rings. The van der Waals surface area contributed by atoms with Gasteiger partial charge in [-0.25, -0.2) is 10.2 Å². The lowest BCUT2D eigenvalue weighted by atomic mass is 9.95. The van der Waals surface area contributed by atoms with Crippen molar-refractivity contribution in [3.05, 3.63) is 73.6 Å². The number of aryl methyl sites for hydroxylation is 1. The molecule has 1 aliphatic rings. The van der Waals surface area contributed by atoms with Crippen LogP contribution in [0.2, 0.25) is 10.0 Å². The van der Waals surface area contributed by atoms with Crippen molar-refractivity contribution in [1.29, 1.82) is 0 Å². The smallest absolute Gasteiger partial charge is 0.341 e. The average Bonchev–Trinajstić information content (AvgIpc) is 3.30. The van der Waals surface area contributed by atoms with Crippen molar-refractivity contribution in [3.8, 4) is 11.5 Å². The molecule has 1 heterocycles. The molecule has 1 aromatic heterocycles. The van der Waals surface area contributed by atoms with E-state index in [0.29, 0.717) is 37.7 Å². The first-order valence-electron chi connectivity index (χ1n) is 11.9. The lowest BCUT2D eigenvalue weighted by molar-refractivity contribution is -0.136. The van der Waals surface area contributed by atoms with Crippen molar-refractivity contribution in [2.24, 2.45) is 5.10 Å². The Hall–Kier alpha value is -3.60. The zero-order valence-corrected chi connectivity index (χ0v) is 23.5. The average molecular weight is 590 g/mol. The topological polar surface area (TPSA) is 115 Å². The molecular formula is C27H25Cl2N3O6S. The summed E-state index contributed by atoms with van der Waals surface area (Å²) in [6.45, 7) is 0.204. The van der Waals surface area contributed by atoms with Gasteiger partial charge in [0.15, 0.2) is 11.5 Å². The van der Waals surface area contributed by atoms with Gasteiger partial charge in [0.25, 0.3) is 0 Å². The quantitative estimate of drug-likeness (QED) is 0.157. The molecule has 0 saturated heterocycles. The molecule has 0 fully saturated rings. The summed E-state index contributed by atoms with van der Waals surface area (Å²) < 4.78 is 16.1. The molecular weight excluding hydrogens is 565 g/mol. The highest BCUT2D eigenvalue weighted by molar-refractivity contribution is 7.17. The Bertz CT molecular complexity index is 1440. The number of halogens is 2. The minimum Gasteiger partial charge on any atom is -0.493 e. The van der Waals surface area contributed by atoms with E-state index in [0.717, 1.165) is 41.7 Å². The van der Waals surface area contributed by atoms with Gasteiger partial charge in [0.2, 0.25) is 0 Å². The SMILES string of the molecule is COC(=O)c1c(NC(=O)C(=O)NN=Cc2ccc(OCc3ccc(Cl)cc3Cl)c(OC)c2)sc2c1CCCC2. The highest BCUT2D eigenvalue weighted by atomic mass is 35.5.